The fraction of sp³-hybridized carbons (Fsp3) is 0.385. The zero-order valence-corrected chi connectivity index (χ0v) is 9.09. The van der Waals surface area contributed by atoms with E-state index in [1.807, 2.05) is 12.3 Å². The predicted molar refractivity (Wildman–Crippen MR) is 63.1 cm³/mol. The highest BCUT2D eigenvalue weighted by Crippen LogP contribution is 2.31. The molecule has 2 heterocycles. The maximum absolute atomic E-state index is 13.8. The molecule has 1 aliphatic rings. The summed E-state index contributed by atoms with van der Waals surface area (Å²) in [5.74, 6) is 0.332. The van der Waals surface area contributed by atoms with E-state index in [9.17, 15) is 4.39 Å². The van der Waals surface area contributed by atoms with Gasteiger partial charge in [-0.2, -0.15) is 0 Å². The smallest absolute Gasteiger partial charge is 0.132 e. The van der Waals surface area contributed by atoms with E-state index in [-0.39, 0.29) is 5.82 Å². The zero-order valence-electron chi connectivity index (χ0n) is 9.09. The predicted octanol–water partition coefficient (Wildman–Crippen LogP) is 2.77. The average molecular weight is 218 g/mol. The number of nitrogens with one attached hydrogen (secondary N) is 2. The lowest BCUT2D eigenvalue weighted by atomic mass is 9.91. The van der Waals surface area contributed by atoms with Crippen molar-refractivity contribution in [3.05, 3.63) is 35.8 Å². The molecule has 1 aromatic carbocycles. The van der Waals surface area contributed by atoms with Crippen LogP contribution in [0.15, 0.2) is 24.4 Å². The van der Waals surface area contributed by atoms with Gasteiger partial charge < -0.3 is 10.3 Å². The van der Waals surface area contributed by atoms with Gasteiger partial charge in [-0.3, -0.25) is 0 Å². The first-order valence-electron chi connectivity index (χ1n) is 5.82. The summed E-state index contributed by atoms with van der Waals surface area (Å²) < 4.78 is 13.8. The number of piperidine rings is 1. The van der Waals surface area contributed by atoms with Crippen molar-refractivity contribution in [3.8, 4) is 0 Å². The Hall–Kier alpha value is -1.35. The molecule has 3 rings (SSSR count). The number of H-pyrrole nitrogens is 1. The Morgan fingerprint density at radius 2 is 2.25 bits per heavy atom. The third-order valence-corrected chi connectivity index (χ3v) is 3.42. The number of benzene rings is 1. The summed E-state index contributed by atoms with van der Waals surface area (Å²) in [5, 5.41) is 4.15. The van der Waals surface area contributed by atoms with Gasteiger partial charge in [0.15, 0.2) is 0 Å². The molecular weight excluding hydrogens is 203 g/mol. The van der Waals surface area contributed by atoms with Gasteiger partial charge in [-0.05, 0) is 43.0 Å². The summed E-state index contributed by atoms with van der Waals surface area (Å²) in [6.07, 6.45) is 4.28. The first-order valence-corrected chi connectivity index (χ1v) is 5.82. The highest BCUT2D eigenvalue weighted by atomic mass is 19.1. The number of hydrogen-bond acceptors (Lipinski definition) is 1. The molecule has 0 amide bonds. The molecule has 1 aliphatic heterocycles. The van der Waals surface area contributed by atoms with Crippen LogP contribution in [0.5, 0.6) is 0 Å². The molecule has 0 spiro atoms. The molecule has 0 saturated carbocycles. The molecule has 0 aliphatic carbocycles. The van der Waals surface area contributed by atoms with Gasteiger partial charge in [-0.15, -0.1) is 0 Å². The van der Waals surface area contributed by atoms with E-state index in [0.717, 1.165) is 36.0 Å². The highest BCUT2D eigenvalue weighted by molar-refractivity contribution is 5.84. The van der Waals surface area contributed by atoms with Crippen molar-refractivity contribution in [2.75, 3.05) is 13.1 Å². The first kappa shape index (κ1) is 9.85. The molecule has 84 valence electrons. The number of aromatic amines is 1. The Balaban J connectivity index is 2.09. The normalized spacial score (nSPS) is 21.4. The molecule has 2 aromatic rings. The molecule has 1 aromatic heterocycles. The molecule has 0 radical (unpaired) electrons. The lowest BCUT2D eigenvalue weighted by molar-refractivity contribution is 0.463. The van der Waals surface area contributed by atoms with Gasteiger partial charge in [0.25, 0.3) is 0 Å². The van der Waals surface area contributed by atoms with E-state index < -0.39 is 0 Å². The largest absolute Gasteiger partial charge is 0.361 e. The quantitative estimate of drug-likeness (QED) is 0.756. The minimum Gasteiger partial charge on any atom is -0.361 e. The SMILES string of the molecule is Fc1cccc2[nH]cc([C@@H]3CCCNC3)c12. The molecule has 2 nitrogen and oxygen atoms in total. The number of aromatic nitrogens is 1. The first-order chi connectivity index (χ1) is 7.86. The average Bonchev–Trinajstić information content (AvgIpc) is 2.75. The van der Waals surface area contributed by atoms with Crippen LogP contribution in [0.2, 0.25) is 0 Å². The van der Waals surface area contributed by atoms with Crippen LogP contribution in [0.25, 0.3) is 10.9 Å². The Morgan fingerprint density at radius 1 is 1.31 bits per heavy atom. The van der Waals surface area contributed by atoms with E-state index in [1.165, 1.54) is 12.5 Å². The maximum Gasteiger partial charge on any atom is 0.132 e. The molecule has 0 bridgehead atoms. The summed E-state index contributed by atoms with van der Waals surface area (Å²) >= 11 is 0. The van der Waals surface area contributed by atoms with Gasteiger partial charge in [0.2, 0.25) is 0 Å². The van der Waals surface area contributed by atoms with Crippen molar-refractivity contribution in [2.24, 2.45) is 0 Å². The molecule has 16 heavy (non-hydrogen) atoms. The van der Waals surface area contributed by atoms with Crippen LogP contribution in [0.4, 0.5) is 4.39 Å². The van der Waals surface area contributed by atoms with Gasteiger partial charge in [-0.1, -0.05) is 6.07 Å². The number of rotatable bonds is 1. The Kier molecular flexibility index (Phi) is 2.40. The lowest BCUT2D eigenvalue weighted by Gasteiger charge is -2.22. The van der Waals surface area contributed by atoms with Crippen LogP contribution < -0.4 is 5.32 Å². The van der Waals surface area contributed by atoms with E-state index in [0.29, 0.717) is 5.92 Å². The third-order valence-electron chi connectivity index (χ3n) is 3.42. The summed E-state index contributed by atoms with van der Waals surface area (Å²) in [6.45, 7) is 2.04. The van der Waals surface area contributed by atoms with Crippen molar-refractivity contribution in [3.63, 3.8) is 0 Å². The summed E-state index contributed by atoms with van der Waals surface area (Å²) in [5.41, 5.74) is 2.03. The van der Waals surface area contributed by atoms with Crippen molar-refractivity contribution in [1.82, 2.24) is 10.3 Å². The Labute approximate surface area is 93.9 Å². The van der Waals surface area contributed by atoms with Gasteiger partial charge in [0.1, 0.15) is 5.82 Å². The second-order valence-electron chi connectivity index (χ2n) is 4.45. The van der Waals surface area contributed by atoms with Gasteiger partial charge in [0.05, 0.1) is 0 Å². The maximum atomic E-state index is 13.8. The molecule has 3 heteroatoms. The van der Waals surface area contributed by atoms with E-state index in [4.69, 9.17) is 0 Å². The van der Waals surface area contributed by atoms with Crippen molar-refractivity contribution < 1.29 is 4.39 Å². The Morgan fingerprint density at radius 3 is 3.06 bits per heavy atom. The van der Waals surface area contributed by atoms with Crippen LogP contribution in [0, 0.1) is 5.82 Å². The van der Waals surface area contributed by atoms with Crippen LogP contribution in [-0.2, 0) is 0 Å². The molecular formula is C13H15FN2. The van der Waals surface area contributed by atoms with Gasteiger partial charge in [0, 0.05) is 23.6 Å². The van der Waals surface area contributed by atoms with Gasteiger partial charge in [-0.25, -0.2) is 4.39 Å². The molecule has 1 saturated heterocycles. The minimum atomic E-state index is -0.112. The number of hydrogen-bond donors (Lipinski definition) is 2. The third kappa shape index (κ3) is 1.52. The molecule has 1 atom stereocenters. The van der Waals surface area contributed by atoms with E-state index in [2.05, 4.69) is 10.3 Å². The lowest BCUT2D eigenvalue weighted by Crippen LogP contribution is -2.28. The molecule has 1 fully saturated rings. The van der Waals surface area contributed by atoms with Crippen LogP contribution in [-0.4, -0.2) is 18.1 Å². The molecule has 2 N–H and O–H groups in total. The fourth-order valence-electron chi connectivity index (χ4n) is 2.60. The molecule has 0 unspecified atom stereocenters. The summed E-state index contributed by atoms with van der Waals surface area (Å²) in [6, 6.07) is 5.21. The topological polar surface area (TPSA) is 27.8 Å². The highest BCUT2D eigenvalue weighted by Gasteiger charge is 2.19. The standard InChI is InChI=1S/C13H15FN2/c14-11-4-1-5-12-13(11)10(8-16-12)9-3-2-6-15-7-9/h1,4-5,8-9,15-16H,2-3,6-7H2/t9-/m1/s1. The summed E-state index contributed by atoms with van der Waals surface area (Å²) in [7, 11) is 0. The number of halogens is 1. The monoisotopic (exact) mass is 218 g/mol. The number of fused-ring (bicyclic) bond motifs is 1. The van der Waals surface area contributed by atoms with Crippen LogP contribution >= 0.6 is 0 Å². The second kappa shape index (κ2) is 3.91. The van der Waals surface area contributed by atoms with E-state index in [1.54, 1.807) is 6.07 Å². The zero-order chi connectivity index (χ0) is 11.0. The van der Waals surface area contributed by atoms with Crippen LogP contribution in [0.1, 0.15) is 24.3 Å². The summed E-state index contributed by atoms with van der Waals surface area (Å²) in [4.78, 5) is 3.16. The van der Waals surface area contributed by atoms with Crippen molar-refractivity contribution in [1.29, 1.82) is 0 Å². The fourth-order valence-corrected chi connectivity index (χ4v) is 2.60. The second-order valence-corrected chi connectivity index (χ2v) is 4.45. The van der Waals surface area contributed by atoms with E-state index >= 15 is 0 Å². The minimum absolute atomic E-state index is 0.112. The van der Waals surface area contributed by atoms with Crippen molar-refractivity contribution >= 4 is 10.9 Å². The van der Waals surface area contributed by atoms with Crippen molar-refractivity contribution in [2.45, 2.75) is 18.8 Å². The van der Waals surface area contributed by atoms with Gasteiger partial charge >= 0.3 is 0 Å². The van der Waals surface area contributed by atoms with Crippen LogP contribution in [0.3, 0.4) is 0 Å². The Bertz CT molecular complexity index is 498.